The average molecular weight is 292 g/mol. The van der Waals surface area contributed by atoms with Crippen molar-refractivity contribution >= 4 is 5.91 Å². The molecular weight excluding hydrogens is 264 g/mol. The fraction of sp³-hybridized carbons (Fsp3) is 0.941. The van der Waals surface area contributed by atoms with Gasteiger partial charge in [0.15, 0.2) is 0 Å². The van der Waals surface area contributed by atoms with Crippen LogP contribution in [0.2, 0.25) is 0 Å². The highest BCUT2D eigenvalue weighted by molar-refractivity contribution is 5.80. The monoisotopic (exact) mass is 292 g/mol. The van der Waals surface area contributed by atoms with E-state index in [0.717, 1.165) is 23.7 Å². The van der Waals surface area contributed by atoms with E-state index in [1.807, 2.05) is 7.05 Å². The summed E-state index contributed by atoms with van der Waals surface area (Å²) in [6, 6.07) is 0.695. The summed E-state index contributed by atoms with van der Waals surface area (Å²) in [6.45, 7) is 1.25. The molecule has 1 heterocycles. The molecule has 4 bridgehead atoms. The van der Waals surface area contributed by atoms with Gasteiger partial charge in [0.05, 0.1) is 19.1 Å². The Hall–Kier alpha value is -0.610. The lowest BCUT2D eigenvalue weighted by molar-refractivity contribution is -0.145. The Labute approximate surface area is 127 Å². The maximum Gasteiger partial charge on any atom is 0.229 e. The van der Waals surface area contributed by atoms with Gasteiger partial charge in [-0.05, 0) is 62.8 Å². The van der Waals surface area contributed by atoms with E-state index in [-0.39, 0.29) is 12.0 Å². The predicted octanol–water partition coefficient (Wildman–Crippen LogP) is 1.50. The molecular formula is C17H28N2O2. The molecule has 4 nitrogen and oxygen atoms in total. The zero-order chi connectivity index (χ0) is 14.6. The zero-order valence-electron chi connectivity index (χ0n) is 13.3. The first kappa shape index (κ1) is 14.0. The third kappa shape index (κ3) is 2.22. The van der Waals surface area contributed by atoms with Gasteiger partial charge in [0.1, 0.15) is 0 Å². The standard InChI is InChI=1S/C17H28N2O2/c1-18-15-9-21-8-14(15)17(20)19(2)16-12-4-10-3-11(6-12)7-13(16)5-10/h10-16,18H,3-9H2,1-2H3. The van der Waals surface area contributed by atoms with Gasteiger partial charge >= 0.3 is 0 Å². The first-order valence-corrected chi connectivity index (χ1v) is 8.69. The number of likely N-dealkylation sites (N-methyl/N-ethyl adjacent to an activating group) is 1. The van der Waals surface area contributed by atoms with Crippen LogP contribution in [0.5, 0.6) is 0 Å². The van der Waals surface area contributed by atoms with Crippen LogP contribution in [0.1, 0.15) is 32.1 Å². The maximum atomic E-state index is 12.9. The van der Waals surface area contributed by atoms with E-state index in [2.05, 4.69) is 17.3 Å². The highest BCUT2D eigenvalue weighted by atomic mass is 16.5. The Morgan fingerprint density at radius 2 is 1.67 bits per heavy atom. The number of rotatable bonds is 3. The summed E-state index contributed by atoms with van der Waals surface area (Å²) in [4.78, 5) is 15.1. The summed E-state index contributed by atoms with van der Waals surface area (Å²) in [5, 5.41) is 3.24. The molecule has 5 rings (SSSR count). The Kier molecular flexibility index (Phi) is 3.49. The molecule has 2 unspecified atom stereocenters. The first-order chi connectivity index (χ1) is 10.2. The predicted molar refractivity (Wildman–Crippen MR) is 80.8 cm³/mol. The molecule has 5 aliphatic rings. The minimum atomic E-state index is 0.0113. The number of nitrogens with zero attached hydrogens (tertiary/aromatic N) is 1. The van der Waals surface area contributed by atoms with Crippen molar-refractivity contribution in [3.05, 3.63) is 0 Å². The van der Waals surface area contributed by atoms with Crippen molar-refractivity contribution in [1.82, 2.24) is 10.2 Å². The molecule has 4 saturated carbocycles. The summed E-state index contributed by atoms with van der Waals surface area (Å²) >= 11 is 0. The number of nitrogens with one attached hydrogen (secondary N) is 1. The van der Waals surface area contributed by atoms with Gasteiger partial charge in [-0.25, -0.2) is 0 Å². The molecule has 2 atom stereocenters. The van der Waals surface area contributed by atoms with Crippen LogP contribution in [0.25, 0.3) is 0 Å². The van der Waals surface area contributed by atoms with Gasteiger partial charge in [-0.2, -0.15) is 0 Å². The lowest BCUT2D eigenvalue weighted by Gasteiger charge is -2.56. The number of carbonyl (C=O) groups excluding carboxylic acids is 1. The second kappa shape index (κ2) is 5.24. The lowest BCUT2D eigenvalue weighted by atomic mass is 9.54. The molecule has 1 N–H and O–H groups in total. The van der Waals surface area contributed by atoms with E-state index >= 15 is 0 Å². The number of hydrogen-bond donors (Lipinski definition) is 1. The number of carbonyl (C=O) groups is 1. The van der Waals surface area contributed by atoms with Gasteiger partial charge < -0.3 is 15.0 Å². The van der Waals surface area contributed by atoms with E-state index < -0.39 is 0 Å². The van der Waals surface area contributed by atoms with Crippen LogP contribution in [0.3, 0.4) is 0 Å². The summed E-state index contributed by atoms with van der Waals surface area (Å²) in [7, 11) is 3.99. The summed E-state index contributed by atoms with van der Waals surface area (Å²) in [6.07, 6.45) is 6.94. The van der Waals surface area contributed by atoms with E-state index in [1.54, 1.807) is 0 Å². The first-order valence-electron chi connectivity index (χ1n) is 8.69. The van der Waals surface area contributed by atoms with Crippen molar-refractivity contribution in [2.24, 2.45) is 29.6 Å². The topological polar surface area (TPSA) is 41.6 Å². The number of ether oxygens (including phenoxy) is 1. The fourth-order valence-corrected chi connectivity index (χ4v) is 6.02. The normalized spacial score (nSPS) is 47.8. The molecule has 4 heteroatoms. The minimum absolute atomic E-state index is 0.0113. The van der Waals surface area contributed by atoms with Crippen molar-refractivity contribution in [3.63, 3.8) is 0 Å². The molecule has 4 aliphatic carbocycles. The smallest absolute Gasteiger partial charge is 0.229 e. The van der Waals surface area contributed by atoms with Gasteiger partial charge in [0.2, 0.25) is 5.91 Å². The minimum Gasteiger partial charge on any atom is -0.379 e. The van der Waals surface area contributed by atoms with E-state index in [9.17, 15) is 4.79 Å². The Bertz CT molecular complexity index is 397. The highest BCUT2D eigenvalue weighted by Gasteiger charge is 2.51. The fourth-order valence-electron chi connectivity index (χ4n) is 6.02. The molecule has 1 amide bonds. The van der Waals surface area contributed by atoms with E-state index in [1.165, 1.54) is 32.1 Å². The van der Waals surface area contributed by atoms with Crippen LogP contribution in [-0.2, 0) is 9.53 Å². The van der Waals surface area contributed by atoms with E-state index in [4.69, 9.17) is 4.74 Å². The van der Waals surface area contributed by atoms with Crippen molar-refractivity contribution in [2.45, 2.75) is 44.2 Å². The van der Waals surface area contributed by atoms with Crippen LogP contribution in [0.4, 0.5) is 0 Å². The van der Waals surface area contributed by atoms with Crippen LogP contribution in [0.15, 0.2) is 0 Å². The Balaban J connectivity index is 1.49. The zero-order valence-corrected chi connectivity index (χ0v) is 13.3. The van der Waals surface area contributed by atoms with Gasteiger partial charge in [0, 0.05) is 19.1 Å². The molecule has 21 heavy (non-hydrogen) atoms. The second-order valence-corrected chi connectivity index (χ2v) is 7.91. The summed E-state index contributed by atoms with van der Waals surface area (Å²) in [5.41, 5.74) is 0. The van der Waals surface area contributed by atoms with Crippen LogP contribution in [0, 0.1) is 29.6 Å². The second-order valence-electron chi connectivity index (χ2n) is 7.91. The van der Waals surface area contributed by atoms with Gasteiger partial charge in [0.25, 0.3) is 0 Å². The van der Waals surface area contributed by atoms with E-state index in [0.29, 0.717) is 25.2 Å². The molecule has 0 aromatic rings. The molecule has 5 fully saturated rings. The Morgan fingerprint density at radius 3 is 2.24 bits per heavy atom. The summed E-state index contributed by atoms with van der Waals surface area (Å²) < 4.78 is 5.53. The maximum absolute atomic E-state index is 12.9. The summed E-state index contributed by atoms with van der Waals surface area (Å²) in [5.74, 6) is 3.79. The molecule has 1 saturated heterocycles. The van der Waals surface area contributed by atoms with Crippen LogP contribution < -0.4 is 5.32 Å². The number of hydrogen-bond acceptors (Lipinski definition) is 3. The van der Waals surface area contributed by atoms with Crippen molar-refractivity contribution in [1.29, 1.82) is 0 Å². The third-order valence-electron chi connectivity index (χ3n) is 6.74. The SMILES string of the molecule is CNC1COCC1C(=O)N(C)C1C2CC3CC(C2)CC1C3. The lowest BCUT2D eigenvalue weighted by Crippen LogP contribution is -2.58. The molecule has 0 aromatic heterocycles. The van der Waals surface area contributed by atoms with Gasteiger partial charge in [-0.15, -0.1) is 0 Å². The Morgan fingerprint density at radius 1 is 1.05 bits per heavy atom. The largest absolute Gasteiger partial charge is 0.379 e. The molecule has 0 spiro atoms. The van der Waals surface area contributed by atoms with Crippen molar-refractivity contribution in [2.75, 3.05) is 27.3 Å². The highest BCUT2D eigenvalue weighted by Crippen LogP contribution is 2.55. The van der Waals surface area contributed by atoms with Gasteiger partial charge in [-0.3, -0.25) is 4.79 Å². The quantitative estimate of drug-likeness (QED) is 0.857. The molecule has 118 valence electrons. The molecule has 0 aromatic carbocycles. The average Bonchev–Trinajstić information content (AvgIpc) is 2.93. The van der Waals surface area contributed by atoms with Crippen molar-refractivity contribution in [3.8, 4) is 0 Å². The molecule has 0 radical (unpaired) electrons. The van der Waals surface area contributed by atoms with Crippen LogP contribution >= 0.6 is 0 Å². The third-order valence-corrected chi connectivity index (χ3v) is 6.74. The van der Waals surface area contributed by atoms with Gasteiger partial charge in [-0.1, -0.05) is 0 Å². The van der Waals surface area contributed by atoms with Crippen molar-refractivity contribution < 1.29 is 9.53 Å². The molecule has 1 aliphatic heterocycles. The van der Waals surface area contributed by atoms with Crippen LogP contribution in [-0.4, -0.2) is 50.2 Å². The number of amides is 1.